The molecule has 3 rings (SSSR count). The molecule has 19 heavy (non-hydrogen) atoms. The van der Waals surface area contributed by atoms with Gasteiger partial charge in [-0.25, -0.2) is 0 Å². The SMILES string of the molecule is CC(C1CCC1)N1CCCC(NCC2CCCC2)C1. The van der Waals surface area contributed by atoms with Crippen molar-refractivity contribution >= 4 is 0 Å². The Bertz CT molecular complexity index is 268. The molecule has 2 saturated carbocycles. The van der Waals surface area contributed by atoms with Gasteiger partial charge in [-0.3, -0.25) is 4.90 Å². The molecule has 0 aromatic rings. The number of piperidine rings is 1. The molecule has 1 aliphatic heterocycles. The van der Waals surface area contributed by atoms with Crippen molar-refractivity contribution in [1.29, 1.82) is 0 Å². The van der Waals surface area contributed by atoms with Gasteiger partial charge in [-0.05, 0) is 70.4 Å². The number of nitrogens with one attached hydrogen (secondary N) is 1. The molecular formula is C17H32N2. The van der Waals surface area contributed by atoms with Crippen LogP contribution in [0.25, 0.3) is 0 Å². The molecule has 2 atom stereocenters. The van der Waals surface area contributed by atoms with Crippen LogP contribution in [0.15, 0.2) is 0 Å². The summed E-state index contributed by atoms with van der Waals surface area (Å²) in [6.45, 7) is 6.42. The lowest BCUT2D eigenvalue weighted by Gasteiger charge is -2.43. The Labute approximate surface area is 119 Å². The van der Waals surface area contributed by atoms with E-state index in [1.807, 2.05) is 0 Å². The zero-order valence-electron chi connectivity index (χ0n) is 12.7. The summed E-state index contributed by atoms with van der Waals surface area (Å²) in [5.41, 5.74) is 0. The van der Waals surface area contributed by atoms with Gasteiger partial charge in [0, 0.05) is 18.6 Å². The molecule has 0 aromatic carbocycles. The van der Waals surface area contributed by atoms with Crippen LogP contribution in [0.5, 0.6) is 0 Å². The standard InChI is InChI=1S/C17H32N2/c1-14(16-8-4-9-16)19-11-5-10-17(13-19)18-12-15-6-2-3-7-15/h14-18H,2-13H2,1H3. The predicted molar refractivity (Wildman–Crippen MR) is 81.4 cm³/mol. The molecule has 110 valence electrons. The summed E-state index contributed by atoms with van der Waals surface area (Å²) >= 11 is 0. The fourth-order valence-electron chi connectivity index (χ4n) is 4.31. The van der Waals surface area contributed by atoms with Gasteiger partial charge in [0.25, 0.3) is 0 Å². The molecule has 0 spiro atoms. The zero-order valence-corrected chi connectivity index (χ0v) is 12.7. The van der Waals surface area contributed by atoms with Gasteiger partial charge in [0.2, 0.25) is 0 Å². The van der Waals surface area contributed by atoms with Crippen LogP contribution in [0.1, 0.15) is 64.7 Å². The van der Waals surface area contributed by atoms with Gasteiger partial charge in [-0.2, -0.15) is 0 Å². The quantitative estimate of drug-likeness (QED) is 0.818. The van der Waals surface area contributed by atoms with E-state index in [2.05, 4.69) is 17.1 Å². The number of hydrogen-bond acceptors (Lipinski definition) is 2. The van der Waals surface area contributed by atoms with Crippen LogP contribution in [0.2, 0.25) is 0 Å². The van der Waals surface area contributed by atoms with E-state index in [1.54, 1.807) is 0 Å². The molecule has 3 fully saturated rings. The van der Waals surface area contributed by atoms with Gasteiger partial charge in [-0.1, -0.05) is 19.3 Å². The lowest BCUT2D eigenvalue weighted by Crippen LogP contribution is -2.52. The largest absolute Gasteiger partial charge is 0.312 e. The van der Waals surface area contributed by atoms with E-state index < -0.39 is 0 Å². The van der Waals surface area contributed by atoms with Crippen LogP contribution in [-0.2, 0) is 0 Å². The minimum absolute atomic E-state index is 0.775. The maximum absolute atomic E-state index is 3.88. The van der Waals surface area contributed by atoms with Crippen molar-refractivity contribution in [2.45, 2.75) is 76.8 Å². The number of likely N-dealkylation sites (tertiary alicyclic amines) is 1. The average molecular weight is 264 g/mol. The molecule has 1 heterocycles. The van der Waals surface area contributed by atoms with Crippen LogP contribution >= 0.6 is 0 Å². The zero-order chi connectivity index (χ0) is 13.1. The van der Waals surface area contributed by atoms with Crippen LogP contribution < -0.4 is 5.32 Å². The van der Waals surface area contributed by atoms with E-state index >= 15 is 0 Å². The maximum Gasteiger partial charge on any atom is 0.0195 e. The summed E-state index contributed by atoms with van der Waals surface area (Å²) in [5.74, 6) is 1.99. The van der Waals surface area contributed by atoms with Crippen molar-refractivity contribution in [1.82, 2.24) is 10.2 Å². The Morgan fingerprint density at radius 1 is 1.00 bits per heavy atom. The second kappa shape index (κ2) is 6.58. The van der Waals surface area contributed by atoms with Gasteiger partial charge in [0.1, 0.15) is 0 Å². The van der Waals surface area contributed by atoms with Gasteiger partial charge in [0.15, 0.2) is 0 Å². The highest BCUT2D eigenvalue weighted by Crippen LogP contribution is 2.33. The molecule has 0 radical (unpaired) electrons. The van der Waals surface area contributed by atoms with E-state index in [1.165, 1.54) is 77.4 Å². The lowest BCUT2D eigenvalue weighted by molar-refractivity contribution is 0.0754. The second-order valence-corrected chi connectivity index (χ2v) is 7.32. The smallest absolute Gasteiger partial charge is 0.0195 e. The van der Waals surface area contributed by atoms with Crippen LogP contribution in [0.3, 0.4) is 0 Å². The van der Waals surface area contributed by atoms with Crippen molar-refractivity contribution in [2.75, 3.05) is 19.6 Å². The third kappa shape index (κ3) is 3.52. The number of hydrogen-bond donors (Lipinski definition) is 1. The normalized spacial score (nSPS) is 32.4. The summed E-state index contributed by atoms with van der Waals surface area (Å²) in [6, 6.07) is 1.61. The van der Waals surface area contributed by atoms with Gasteiger partial charge < -0.3 is 5.32 Å². The molecule has 1 saturated heterocycles. The van der Waals surface area contributed by atoms with E-state index in [0.717, 1.165) is 23.9 Å². The molecule has 0 amide bonds. The number of nitrogens with zero attached hydrogens (tertiary/aromatic N) is 1. The Hall–Kier alpha value is -0.0800. The predicted octanol–water partition coefficient (Wildman–Crippen LogP) is 3.42. The fourth-order valence-corrected chi connectivity index (χ4v) is 4.31. The summed E-state index contributed by atoms with van der Waals surface area (Å²) in [5, 5.41) is 3.88. The Morgan fingerprint density at radius 3 is 2.47 bits per heavy atom. The molecule has 2 heteroatoms. The van der Waals surface area contributed by atoms with Crippen molar-refractivity contribution in [3.8, 4) is 0 Å². The van der Waals surface area contributed by atoms with Crippen molar-refractivity contribution in [3.05, 3.63) is 0 Å². The molecule has 1 N–H and O–H groups in total. The Kier molecular flexibility index (Phi) is 4.81. The first-order valence-corrected chi connectivity index (χ1v) is 8.80. The first-order chi connectivity index (χ1) is 9.33. The van der Waals surface area contributed by atoms with E-state index in [-0.39, 0.29) is 0 Å². The van der Waals surface area contributed by atoms with Gasteiger partial charge >= 0.3 is 0 Å². The minimum atomic E-state index is 0.775. The highest BCUT2D eigenvalue weighted by molar-refractivity contribution is 4.87. The molecule has 2 nitrogen and oxygen atoms in total. The van der Waals surface area contributed by atoms with Crippen molar-refractivity contribution < 1.29 is 0 Å². The first kappa shape index (κ1) is 13.9. The molecule has 2 aliphatic carbocycles. The fraction of sp³-hybridized carbons (Fsp3) is 1.00. The monoisotopic (exact) mass is 264 g/mol. The Morgan fingerprint density at radius 2 is 1.79 bits per heavy atom. The minimum Gasteiger partial charge on any atom is -0.312 e. The third-order valence-corrected chi connectivity index (χ3v) is 6.03. The van der Waals surface area contributed by atoms with E-state index in [4.69, 9.17) is 0 Å². The topological polar surface area (TPSA) is 15.3 Å². The highest BCUT2D eigenvalue weighted by Gasteiger charge is 2.31. The first-order valence-electron chi connectivity index (χ1n) is 8.80. The Balaban J connectivity index is 1.41. The van der Waals surface area contributed by atoms with Crippen molar-refractivity contribution in [3.63, 3.8) is 0 Å². The molecule has 2 unspecified atom stereocenters. The maximum atomic E-state index is 3.88. The summed E-state index contributed by atoms with van der Waals surface area (Å²) in [4.78, 5) is 2.78. The average Bonchev–Trinajstić information content (AvgIpc) is 2.88. The number of rotatable bonds is 5. The van der Waals surface area contributed by atoms with Crippen LogP contribution in [0, 0.1) is 11.8 Å². The van der Waals surface area contributed by atoms with Gasteiger partial charge in [-0.15, -0.1) is 0 Å². The highest BCUT2D eigenvalue weighted by atomic mass is 15.2. The molecule has 3 aliphatic rings. The van der Waals surface area contributed by atoms with E-state index in [0.29, 0.717) is 0 Å². The summed E-state index contributed by atoms with van der Waals surface area (Å²) in [6.07, 6.45) is 13.1. The third-order valence-electron chi connectivity index (χ3n) is 6.03. The second-order valence-electron chi connectivity index (χ2n) is 7.32. The molecular weight excluding hydrogens is 232 g/mol. The van der Waals surface area contributed by atoms with Crippen LogP contribution in [0.4, 0.5) is 0 Å². The summed E-state index contributed by atoms with van der Waals surface area (Å²) in [7, 11) is 0. The van der Waals surface area contributed by atoms with Crippen molar-refractivity contribution in [2.24, 2.45) is 11.8 Å². The van der Waals surface area contributed by atoms with Crippen LogP contribution in [-0.4, -0.2) is 36.6 Å². The molecule has 0 aromatic heterocycles. The van der Waals surface area contributed by atoms with Gasteiger partial charge in [0.05, 0.1) is 0 Å². The molecule has 0 bridgehead atoms. The lowest BCUT2D eigenvalue weighted by atomic mass is 9.79. The van der Waals surface area contributed by atoms with E-state index in [9.17, 15) is 0 Å². The summed E-state index contributed by atoms with van der Waals surface area (Å²) < 4.78 is 0.